The number of benzene rings is 1. The van der Waals surface area contributed by atoms with Crippen LogP contribution in [0.25, 0.3) is 0 Å². The summed E-state index contributed by atoms with van der Waals surface area (Å²) in [5.41, 5.74) is 0.0902. The molecule has 0 radical (unpaired) electrons. The van der Waals surface area contributed by atoms with E-state index in [0.717, 1.165) is 6.42 Å². The number of rotatable bonds is 11. The number of guanidine groups is 1. The van der Waals surface area contributed by atoms with Crippen LogP contribution < -0.4 is 10.6 Å². The lowest BCUT2D eigenvalue weighted by atomic mass is 10.1. The second-order valence-corrected chi connectivity index (χ2v) is 5.10. The molecule has 25 heavy (non-hydrogen) atoms. The van der Waals surface area contributed by atoms with Gasteiger partial charge >= 0.3 is 0 Å². The summed E-state index contributed by atoms with van der Waals surface area (Å²) in [6, 6.07) is 3.89. The molecular weight excluding hydrogens is 443 g/mol. The topological polar surface area (TPSA) is 54.9 Å². The lowest BCUT2D eigenvalue weighted by molar-refractivity contribution is 0.0702. The Morgan fingerprint density at radius 2 is 1.84 bits per heavy atom. The van der Waals surface area contributed by atoms with Gasteiger partial charge in [0.1, 0.15) is 11.6 Å². The Morgan fingerprint density at radius 1 is 1.12 bits per heavy atom. The van der Waals surface area contributed by atoms with Crippen LogP contribution in [-0.2, 0) is 15.9 Å². The van der Waals surface area contributed by atoms with Gasteiger partial charge in [-0.05, 0) is 31.9 Å². The Kier molecular flexibility index (Phi) is 14.7. The van der Waals surface area contributed by atoms with Crippen LogP contribution >= 0.6 is 24.0 Å². The molecule has 0 saturated carbocycles. The van der Waals surface area contributed by atoms with Crippen molar-refractivity contribution in [3.63, 3.8) is 0 Å². The van der Waals surface area contributed by atoms with E-state index in [-0.39, 0.29) is 36.0 Å². The molecule has 2 N–H and O–H groups in total. The molecule has 0 bridgehead atoms. The van der Waals surface area contributed by atoms with E-state index >= 15 is 0 Å². The highest BCUT2D eigenvalue weighted by Crippen LogP contribution is 2.11. The monoisotopic (exact) mass is 471 g/mol. The number of hydrogen-bond donors (Lipinski definition) is 2. The first kappa shape index (κ1) is 24.0. The first-order valence-corrected chi connectivity index (χ1v) is 8.20. The molecule has 1 rings (SSSR count). The molecule has 0 aromatic heterocycles. The zero-order valence-electron chi connectivity index (χ0n) is 14.8. The SMILES string of the molecule is CCNC(=NCCCOCCOC)NCCc1c(F)cccc1F.I. The largest absolute Gasteiger partial charge is 0.382 e. The van der Waals surface area contributed by atoms with E-state index in [1.807, 2.05) is 6.92 Å². The number of halogens is 3. The van der Waals surface area contributed by atoms with Gasteiger partial charge in [-0.25, -0.2) is 8.78 Å². The smallest absolute Gasteiger partial charge is 0.191 e. The van der Waals surface area contributed by atoms with Gasteiger partial charge in [-0.15, -0.1) is 24.0 Å². The van der Waals surface area contributed by atoms with E-state index in [2.05, 4.69) is 15.6 Å². The van der Waals surface area contributed by atoms with Crippen LogP contribution in [0.4, 0.5) is 8.78 Å². The van der Waals surface area contributed by atoms with Crippen molar-refractivity contribution < 1.29 is 18.3 Å². The van der Waals surface area contributed by atoms with Crippen molar-refractivity contribution >= 4 is 29.9 Å². The van der Waals surface area contributed by atoms with Crippen molar-refractivity contribution in [2.45, 2.75) is 19.8 Å². The maximum Gasteiger partial charge on any atom is 0.191 e. The van der Waals surface area contributed by atoms with E-state index in [4.69, 9.17) is 9.47 Å². The Labute approximate surface area is 165 Å². The number of ether oxygens (including phenoxy) is 2. The van der Waals surface area contributed by atoms with Crippen molar-refractivity contribution in [3.8, 4) is 0 Å². The number of methoxy groups -OCH3 is 1. The molecular formula is C17H28F2IN3O2. The van der Waals surface area contributed by atoms with Gasteiger partial charge in [-0.2, -0.15) is 0 Å². The van der Waals surface area contributed by atoms with E-state index < -0.39 is 11.6 Å². The van der Waals surface area contributed by atoms with Gasteiger partial charge in [0.05, 0.1) is 13.2 Å². The number of hydrogen-bond acceptors (Lipinski definition) is 3. The molecule has 144 valence electrons. The summed E-state index contributed by atoms with van der Waals surface area (Å²) < 4.78 is 37.4. The normalized spacial score (nSPS) is 11.1. The minimum absolute atomic E-state index is 0. The third-order valence-corrected chi connectivity index (χ3v) is 3.22. The van der Waals surface area contributed by atoms with Gasteiger partial charge < -0.3 is 20.1 Å². The summed E-state index contributed by atoms with van der Waals surface area (Å²) in [6.07, 6.45) is 1.05. The lowest BCUT2D eigenvalue weighted by Gasteiger charge is -2.12. The van der Waals surface area contributed by atoms with Crippen LogP contribution in [0.15, 0.2) is 23.2 Å². The molecule has 0 fully saturated rings. The number of nitrogens with one attached hydrogen (secondary N) is 2. The van der Waals surface area contributed by atoms with Gasteiger partial charge in [-0.1, -0.05) is 6.07 Å². The van der Waals surface area contributed by atoms with Crippen LogP contribution in [-0.4, -0.2) is 52.5 Å². The lowest BCUT2D eigenvalue weighted by Crippen LogP contribution is -2.38. The molecule has 0 amide bonds. The summed E-state index contributed by atoms with van der Waals surface area (Å²) in [5, 5.41) is 6.18. The molecule has 1 aromatic carbocycles. The van der Waals surface area contributed by atoms with Crippen LogP contribution in [0.5, 0.6) is 0 Å². The molecule has 0 aliphatic heterocycles. The van der Waals surface area contributed by atoms with Gasteiger partial charge in [0.2, 0.25) is 0 Å². The predicted octanol–water partition coefficient (Wildman–Crippen LogP) is 2.73. The van der Waals surface area contributed by atoms with E-state index in [1.54, 1.807) is 7.11 Å². The zero-order chi connectivity index (χ0) is 17.6. The minimum atomic E-state index is -0.521. The molecule has 5 nitrogen and oxygen atoms in total. The maximum absolute atomic E-state index is 13.6. The second kappa shape index (κ2) is 15.3. The second-order valence-electron chi connectivity index (χ2n) is 5.10. The fourth-order valence-corrected chi connectivity index (χ4v) is 2.02. The summed E-state index contributed by atoms with van der Waals surface area (Å²) >= 11 is 0. The highest BCUT2D eigenvalue weighted by molar-refractivity contribution is 14.0. The quantitative estimate of drug-likeness (QED) is 0.226. The summed E-state index contributed by atoms with van der Waals surface area (Å²) in [4.78, 5) is 4.40. The zero-order valence-corrected chi connectivity index (χ0v) is 17.1. The molecule has 0 aliphatic rings. The summed E-state index contributed by atoms with van der Waals surface area (Å²) in [7, 11) is 1.63. The third-order valence-electron chi connectivity index (χ3n) is 3.22. The van der Waals surface area contributed by atoms with Crippen molar-refractivity contribution in [3.05, 3.63) is 35.4 Å². The first-order chi connectivity index (χ1) is 11.7. The Hall–Kier alpha value is -1.000. The summed E-state index contributed by atoms with van der Waals surface area (Å²) in [6.45, 7) is 5.45. The average Bonchev–Trinajstić information content (AvgIpc) is 2.56. The van der Waals surface area contributed by atoms with Crippen molar-refractivity contribution in [1.82, 2.24) is 10.6 Å². The molecule has 8 heteroatoms. The fourth-order valence-electron chi connectivity index (χ4n) is 2.02. The third kappa shape index (κ3) is 10.6. The van der Waals surface area contributed by atoms with E-state index in [9.17, 15) is 8.78 Å². The van der Waals surface area contributed by atoms with Gasteiger partial charge in [0, 0.05) is 38.9 Å². The van der Waals surface area contributed by atoms with Gasteiger partial charge in [-0.3, -0.25) is 4.99 Å². The Morgan fingerprint density at radius 3 is 2.48 bits per heavy atom. The van der Waals surface area contributed by atoms with Crippen LogP contribution in [0.1, 0.15) is 18.9 Å². The summed E-state index contributed by atoms with van der Waals surface area (Å²) in [5.74, 6) is -0.412. The highest BCUT2D eigenvalue weighted by atomic mass is 127. The molecule has 0 atom stereocenters. The van der Waals surface area contributed by atoms with Crippen molar-refractivity contribution in [2.24, 2.45) is 4.99 Å². The fraction of sp³-hybridized carbons (Fsp3) is 0.588. The van der Waals surface area contributed by atoms with Crippen LogP contribution in [0.2, 0.25) is 0 Å². The molecule has 0 saturated heterocycles. The molecule has 0 heterocycles. The minimum Gasteiger partial charge on any atom is -0.382 e. The van der Waals surface area contributed by atoms with Gasteiger partial charge in [0.25, 0.3) is 0 Å². The predicted molar refractivity (Wildman–Crippen MR) is 107 cm³/mol. The Bertz CT molecular complexity index is 485. The van der Waals surface area contributed by atoms with E-state index in [1.165, 1.54) is 18.2 Å². The molecule has 1 aromatic rings. The van der Waals surface area contributed by atoms with E-state index in [0.29, 0.717) is 45.4 Å². The van der Waals surface area contributed by atoms with Crippen LogP contribution in [0.3, 0.4) is 0 Å². The molecule has 0 spiro atoms. The van der Waals surface area contributed by atoms with Crippen molar-refractivity contribution in [1.29, 1.82) is 0 Å². The average molecular weight is 471 g/mol. The standard InChI is InChI=1S/C17H27F2N3O2.HI/c1-3-20-17(21-9-5-11-24-13-12-23-2)22-10-8-14-15(18)6-4-7-16(14)19;/h4,6-7H,3,5,8-13H2,1-2H3,(H2,20,21,22);1H. The maximum atomic E-state index is 13.6. The number of aliphatic imine (C=N–C) groups is 1. The number of nitrogens with zero attached hydrogens (tertiary/aromatic N) is 1. The Balaban J connectivity index is 0.00000576. The first-order valence-electron chi connectivity index (χ1n) is 8.20. The molecule has 0 unspecified atom stereocenters. The van der Waals surface area contributed by atoms with Crippen LogP contribution in [0, 0.1) is 11.6 Å². The van der Waals surface area contributed by atoms with Gasteiger partial charge in [0.15, 0.2) is 5.96 Å². The highest BCUT2D eigenvalue weighted by Gasteiger charge is 2.08. The molecule has 0 aliphatic carbocycles. The van der Waals surface area contributed by atoms with Crippen molar-refractivity contribution in [2.75, 3.05) is 46.6 Å².